The van der Waals surface area contributed by atoms with Crippen molar-refractivity contribution in [2.75, 3.05) is 31.1 Å². The summed E-state index contributed by atoms with van der Waals surface area (Å²) in [6.07, 6.45) is -2.87. The average molecular weight is 469 g/mol. The van der Waals surface area contributed by atoms with E-state index in [2.05, 4.69) is 20.1 Å². The SMILES string of the molecule is O=C(c1ccccc1C(F)(F)F)N1CC2CN(c3ccc(OCc4ccccn4)nn3)CC2C1. The lowest BCUT2D eigenvalue weighted by Gasteiger charge is -2.23. The van der Waals surface area contributed by atoms with Crippen LogP contribution in [0.15, 0.2) is 60.8 Å². The summed E-state index contributed by atoms with van der Waals surface area (Å²) in [4.78, 5) is 20.7. The smallest absolute Gasteiger partial charge is 0.417 e. The van der Waals surface area contributed by atoms with Crippen molar-refractivity contribution in [1.29, 1.82) is 0 Å². The summed E-state index contributed by atoms with van der Waals surface area (Å²) in [6, 6.07) is 14.1. The molecule has 2 saturated heterocycles. The van der Waals surface area contributed by atoms with Crippen LogP contribution < -0.4 is 9.64 Å². The van der Waals surface area contributed by atoms with E-state index in [1.54, 1.807) is 12.3 Å². The number of rotatable bonds is 5. The minimum Gasteiger partial charge on any atom is -0.470 e. The van der Waals surface area contributed by atoms with E-state index in [-0.39, 0.29) is 17.4 Å². The summed E-state index contributed by atoms with van der Waals surface area (Å²) in [7, 11) is 0. The first-order valence-corrected chi connectivity index (χ1v) is 11.0. The number of pyridine rings is 1. The molecule has 5 rings (SSSR count). The van der Waals surface area contributed by atoms with Gasteiger partial charge in [0.15, 0.2) is 5.82 Å². The normalized spacial score (nSPS) is 19.9. The van der Waals surface area contributed by atoms with Crippen LogP contribution in [-0.4, -0.2) is 52.2 Å². The molecule has 7 nitrogen and oxygen atoms in total. The molecule has 0 spiro atoms. The number of benzene rings is 1. The van der Waals surface area contributed by atoms with Crippen molar-refractivity contribution >= 4 is 11.7 Å². The van der Waals surface area contributed by atoms with E-state index in [0.29, 0.717) is 44.5 Å². The molecule has 2 fully saturated rings. The second kappa shape index (κ2) is 8.92. The Morgan fingerprint density at radius 3 is 2.32 bits per heavy atom. The van der Waals surface area contributed by atoms with Gasteiger partial charge in [0.05, 0.1) is 16.8 Å². The van der Waals surface area contributed by atoms with E-state index < -0.39 is 17.6 Å². The number of alkyl halides is 3. The van der Waals surface area contributed by atoms with Crippen LogP contribution in [0.5, 0.6) is 5.88 Å². The van der Waals surface area contributed by atoms with E-state index >= 15 is 0 Å². The minimum atomic E-state index is -4.56. The largest absolute Gasteiger partial charge is 0.470 e. The Morgan fingerprint density at radius 1 is 0.941 bits per heavy atom. The number of carbonyl (C=O) groups excluding carboxylic acids is 1. The van der Waals surface area contributed by atoms with Gasteiger partial charge in [-0.15, -0.1) is 10.2 Å². The van der Waals surface area contributed by atoms with E-state index in [1.807, 2.05) is 24.3 Å². The molecule has 0 N–H and O–H groups in total. The van der Waals surface area contributed by atoms with Gasteiger partial charge in [0.1, 0.15) is 6.61 Å². The van der Waals surface area contributed by atoms with Gasteiger partial charge in [-0.2, -0.15) is 13.2 Å². The zero-order chi connectivity index (χ0) is 23.7. The fourth-order valence-corrected chi connectivity index (χ4v) is 4.62. The van der Waals surface area contributed by atoms with Crippen molar-refractivity contribution < 1.29 is 22.7 Å². The zero-order valence-electron chi connectivity index (χ0n) is 18.2. The molecule has 3 aromatic rings. The van der Waals surface area contributed by atoms with Gasteiger partial charge in [-0.1, -0.05) is 18.2 Å². The third-order valence-corrected chi connectivity index (χ3v) is 6.28. The van der Waals surface area contributed by atoms with Crippen LogP contribution in [0.2, 0.25) is 0 Å². The van der Waals surface area contributed by atoms with Crippen LogP contribution in [0.3, 0.4) is 0 Å². The number of fused-ring (bicyclic) bond motifs is 1. The summed E-state index contributed by atoms with van der Waals surface area (Å²) in [5.74, 6) is 0.879. The lowest BCUT2D eigenvalue weighted by molar-refractivity contribution is -0.138. The molecule has 0 aliphatic carbocycles. The third-order valence-electron chi connectivity index (χ3n) is 6.28. The van der Waals surface area contributed by atoms with Gasteiger partial charge in [0.25, 0.3) is 5.91 Å². The highest BCUT2D eigenvalue weighted by Crippen LogP contribution is 2.36. The molecule has 2 aliphatic rings. The Balaban J connectivity index is 1.19. The molecule has 34 heavy (non-hydrogen) atoms. The first-order chi connectivity index (χ1) is 16.4. The van der Waals surface area contributed by atoms with Crippen molar-refractivity contribution in [2.24, 2.45) is 11.8 Å². The number of carbonyl (C=O) groups is 1. The molecule has 4 heterocycles. The Morgan fingerprint density at radius 2 is 1.68 bits per heavy atom. The second-order valence-corrected chi connectivity index (χ2v) is 8.52. The van der Waals surface area contributed by atoms with Crippen molar-refractivity contribution in [1.82, 2.24) is 20.1 Å². The van der Waals surface area contributed by atoms with Gasteiger partial charge < -0.3 is 14.5 Å². The van der Waals surface area contributed by atoms with Crippen LogP contribution in [0, 0.1) is 11.8 Å². The van der Waals surface area contributed by atoms with Crippen molar-refractivity contribution in [3.63, 3.8) is 0 Å². The molecule has 0 radical (unpaired) electrons. The molecule has 2 unspecified atom stereocenters. The average Bonchev–Trinajstić information content (AvgIpc) is 3.42. The van der Waals surface area contributed by atoms with Crippen molar-refractivity contribution in [3.8, 4) is 5.88 Å². The lowest BCUT2D eigenvalue weighted by Crippen LogP contribution is -2.34. The number of amides is 1. The molecular formula is C24H22F3N5O2. The number of likely N-dealkylation sites (tertiary alicyclic amines) is 1. The second-order valence-electron chi connectivity index (χ2n) is 8.52. The van der Waals surface area contributed by atoms with Crippen LogP contribution >= 0.6 is 0 Å². The third kappa shape index (κ3) is 4.52. The standard InChI is InChI=1S/C24H22F3N5O2/c25-24(26,27)20-7-2-1-6-19(20)23(33)32-13-16-11-31(12-17(16)14-32)21-8-9-22(30-29-21)34-15-18-5-3-4-10-28-18/h1-10,16-17H,11-15H2. The Bertz CT molecular complexity index is 1140. The van der Waals surface area contributed by atoms with Crippen LogP contribution in [-0.2, 0) is 12.8 Å². The maximum absolute atomic E-state index is 13.3. The molecule has 176 valence electrons. The Hall–Kier alpha value is -3.69. The molecule has 2 aromatic heterocycles. The number of aromatic nitrogens is 3. The number of nitrogens with zero attached hydrogens (tertiary/aromatic N) is 5. The quantitative estimate of drug-likeness (QED) is 0.568. The maximum atomic E-state index is 13.3. The summed E-state index contributed by atoms with van der Waals surface area (Å²) in [6.45, 7) is 2.47. The fraction of sp³-hybridized carbons (Fsp3) is 0.333. The van der Waals surface area contributed by atoms with Gasteiger partial charge >= 0.3 is 6.18 Å². The summed E-state index contributed by atoms with van der Waals surface area (Å²) in [5.41, 5.74) is -0.393. The molecule has 2 aliphatic heterocycles. The molecule has 0 saturated carbocycles. The summed E-state index contributed by atoms with van der Waals surface area (Å²) in [5, 5.41) is 8.40. The highest BCUT2D eigenvalue weighted by atomic mass is 19.4. The molecule has 0 bridgehead atoms. The predicted molar refractivity (Wildman–Crippen MR) is 117 cm³/mol. The number of hydrogen-bond donors (Lipinski definition) is 0. The van der Waals surface area contributed by atoms with Crippen LogP contribution in [0.25, 0.3) is 0 Å². The van der Waals surface area contributed by atoms with E-state index in [4.69, 9.17) is 4.74 Å². The van der Waals surface area contributed by atoms with Gasteiger partial charge in [0, 0.05) is 50.3 Å². The molecular weight excluding hydrogens is 447 g/mol. The van der Waals surface area contributed by atoms with Crippen molar-refractivity contribution in [2.45, 2.75) is 12.8 Å². The number of hydrogen-bond acceptors (Lipinski definition) is 6. The van der Waals surface area contributed by atoms with Crippen molar-refractivity contribution in [3.05, 3.63) is 77.6 Å². The Labute approximate surface area is 194 Å². The topological polar surface area (TPSA) is 71.5 Å². The van der Waals surface area contributed by atoms with E-state index in [1.165, 1.54) is 23.1 Å². The molecule has 10 heteroatoms. The van der Waals surface area contributed by atoms with Gasteiger partial charge in [-0.25, -0.2) is 0 Å². The van der Waals surface area contributed by atoms with E-state index in [0.717, 1.165) is 11.8 Å². The first-order valence-electron chi connectivity index (χ1n) is 11.0. The van der Waals surface area contributed by atoms with Gasteiger partial charge in [-0.3, -0.25) is 9.78 Å². The summed E-state index contributed by atoms with van der Waals surface area (Å²) >= 11 is 0. The zero-order valence-corrected chi connectivity index (χ0v) is 18.2. The predicted octanol–water partition coefficient (Wildman–Crippen LogP) is 3.68. The summed E-state index contributed by atoms with van der Waals surface area (Å²) < 4.78 is 45.6. The lowest BCUT2D eigenvalue weighted by atomic mass is 10.0. The fourth-order valence-electron chi connectivity index (χ4n) is 4.62. The highest BCUT2D eigenvalue weighted by Gasteiger charge is 2.44. The maximum Gasteiger partial charge on any atom is 0.417 e. The molecule has 1 amide bonds. The first kappa shape index (κ1) is 22.1. The Kier molecular flexibility index (Phi) is 5.80. The number of anilines is 1. The van der Waals surface area contributed by atoms with Crippen LogP contribution in [0.1, 0.15) is 21.6 Å². The highest BCUT2D eigenvalue weighted by molar-refractivity contribution is 5.96. The van der Waals surface area contributed by atoms with Gasteiger partial charge in [0.2, 0.25) is 5.88 Å². The van der Waals surface area contributed by atoms with Crippen LogP contribution in [0.4, 0.5) is 19.0 Å². The minimum absolute atomic E-state index is 0.170. The van der Waals surface area contributed by atoms with Gasteiger partial charge in [-0.05, 0) is 30.3 Å². The molecule has 2 atom stereocenters. The number of halogens is 3. The molecule has 1 aromatic carbocycles. The monoisotopic (exact) mass is 469 g/mol. The van der Waals surface area contributed by atoms with E-state index in [9.17, 15) is 18.0 Å². The number of ether oxygens (including phenoxy) is 1.